The van der Waals surface area contributed by atoms with Gasteiger partial charge in [-0.05, 0) is 44.1 Å². The normalized spacial score (nSPS) is 19.8. The van der Waals surface area contributed by atoms with Crippen molar-refractivity contribution in [3.8, 4) is 0 Å². The van der Waals surface area contributed by atoms with Crippen LogP contribution in [-0.2, 0) is 14.3 Å². The van der Waals surface area contributed by atoms with Crippen LogP contribution in [0.1, 0.15) is 111 Å². The third kappa shape index (κ3) is 9.00. The van der Waals surface area contributed by atoms with Crippen LogP contribution in [0.5, 0.6) is 0 Å². The molecule has 1 unspecified atom stereocenters. The summed E-state index contributed by atoms with van der Waals surface area (Å²) in [7, 11) is 0. The smallest absolute Gasteiger partial charge is 0.306 e. The molecule has 0 bridgehead atoms. The first-order chi connectivity index (χ1) is 12.5. The third-order valence-electron chi connectivity index (χ3n) is 5.38. The molecule has 0 aromatic carbocycles. The zero-order chi connectivity index (χ0) is 19.3. The summed E-state index contributed by atoms with van der Waals surface area (Å²) in [6, 6.07) is 0. The quantitative estimate of drug-likeness (QED) is 0.199. The van der Waals surface area contributed by atoms with Crippen molar-refractivity contribution in [3.05, 3.63) is 12.2 Å². The van der Waals surface area contributed by atoms with Gasteiger partial charge in [-0.25, -0.2) is 0 Å². The molecule has 0 radical (unpaired) electrons. The Kier molecular flexibility index (Phi) is 11.6. The van der Waals surface area contributed by atoms with Crippen LogP contribution in [0, 0.1) is 5.92 Å². The number of rotatable bonds is 14. The lowest BCUT2D eigenvalue weighted by Crippen LogP contribution is -2.33. The van der Waals surface area contributed by atoms with Gasteiger partial charge in [0, 0.05) is 19.3 Å². The summed E-state index contributed by atoms with van der Waals surface area (Å²) in [6.07, 6.45) is 17.6. The van der Waals surface area contributed by atoms with Gasteiger partial charge in [0.25, 0.3) is 0 Å². The van der Waals surface area contributed by atoms with E-state index in [0.717, 1.165) is 57.8 Å². The standard InChI is InChI=1S/C23H40O3/c1-4-7-9-10-12-22(25)26-23(16-6-3,17-11-8-5-2)18-15-20-13-14-21(24)19-20/h15,18,20H,4-14,16-17,19H2,1-3H3/t20?,23-/m0/s1. The summed E-state index contributed by atoms with van der Waals surface area (Å²) in [5.74, 6) is 0.631. The van der Waals surface area contributed by atoms with E-state index in [0.29, 0.717) is 31.0 Å². The largest absolute Gasteiger partial charge is 0.455 e. The summed E-state index contributed by atoms with van der Waals surface area (Å²) >= 11 is 0. The number of Topliss-reactive ketones (excluding diaryl/α,β-unsaturated/α-hetero) is 1. The molecule has 2 atom stereocenters. The first-order valence-corrected chi connectivity index (χ1v) is 11.0. The highest BCUT2D eigenvalue weighted by molar-refractivity contribution is 5.80. The van der Waals surface area contributed by atoms with E-state index in [4.69, 9.17) is 4.74 Å². The summed E-state index contributed by atoms with van der Waals surface area (Å²) < 4.78 is 6.08. The molecule has 0 saturated heterocycles. The first kappa shape index (κ1) is 22.9. The van der Waals surface area contributed by atoms with Crippen LogP contribution in [0.15, 0.2) is 12.2 Å². The molecule has 0 spiro atoms. The zero-order valence-corrected chi connectivity index (χ0v) is 17.4. The van der Waals surface area contributed by atoms with Gasteiger partial charge in [0.1, 0.15) is 11.4 Å². The lowest BCUT2D eigenvalue weighted by molar-refractivity contribution is -0.156. The molecule has 0 aromatic heterocycles. The molecule has 1 fully saturated rings. The van der Waals surface area contributed by atoms with E-state index in [1.165, 1.54) is 12.8 Å². The number of ketones is 1. The van der Waals surface area contributed by atoms with E-state index in [1.54, 1.807) is 0 Å². The van der Waals surface area contributed by atoms with E-state index in [1.807, 2.05) is 0 Å². The highest BCUT2D eigenvalue weighted by Crippen LogP contribution is 2.31. The molecular weight excluding hydrogens is 324 g/mol. The van der Waals surface area contributed by atoms with E-state index in [9.17, 15) is 9.59 Å². The molecule has 0 heterocycles. The van der Waals surface area contributed by atoms with Gasteiger partial charge in [-0.2, -0.15) is 0 Å². The van der Waals surface area contributed by atoms with Crippen LogP contribution < -0.4 is 0 Å². The van der Waals surface area contributed by atoms with Crippen molar-refractivity contribution in [2.75, 3.05) is 0 Å². The van der Waals surface area contributed by atoms with Crippen molar-refractivity contribution in [1.82, 2.24) is 0 Å². The average molecular weight is 365 g/mol. The van der Waals surface area contributed by atoms with Crippen LogP contribution in [0.25, 0.3) is 0 Å². The molecule has 3 nitrogen and oxygen atoms in total. The molecular formula is C23H40O3. The van der Waals surface area contributed by atoms with Gasteiger partial charge in [0.2, 0.25) is 0 Å². The van der Waals surface area contributed by atoms with Gasteiger partial charge in [-0.1, -0.05) is 65.4 Å². The molecule has 1 aliphatic carbocycles. The van der Waals surface area contributed by atoms with Crippen LogP contribution in [0.2, 0.25) is 0 Å². The lowest BCUT2D eigenvalue weighted by Gasteiger charge is -2.31. The second kappa shape index (κ2) is 13.1. The highest BCUT2D eigenvalue weighted by atomic mass is 16.6. The Bertz CT molecular complexity index is 441. The Morgan fingerprint density at radius 1 is 1.04 bits per heavy atom. The Morgan fingerprint density at radius 2 is 1.77 bits per heavy atom. The minimum Gasteiger partial charge on any atom is -0.455 e. The lowest BCUT2D eigenvalue weighted by atomic mass is 9.89. The van der Waals surface area contributed by atoms with Crippen LogP contribution >= 0.6 is 0 Å². The van der Waals surface area contributed by atoms with Gasteiger partial charge >= 0.3 is 5.97 Å². The highest BCUT2D eigenvalue weighted by Gasteiger charge is 2.31. The van der Waals surface area contributed by atoms with Gasteiger partial charge in [-0.15, -0.1) is 0 Å². The summed E-state index contributed by atoms with van der Waals surface area (Å²) in [6.45, 7) is 6.52. The van der Waals surface area contributed by atoms with Gasteiger partial charge in [-0.3, -0.25) is 9.59 Å². The molecule has 0 aliphatic heterocycles. The van der Waals surface area contributed by atoms with Crippen molar-refractivity contribution in [2.24, 2.45) is 5.92 Å². The fraction of sp³-hybridized carbons (Fsp3) is 0.826. The molecule has 0 aromatic rings. The topological polar surface area (TPSA) is 43.4 Å². The van der Waals surface area contributed by atoms with Gasteiger partial charge in [0.05, 0.1) is 0 Å². The van der Waals surface area contributed by atoms with Crippen LogP contribution in [0.3, 0.4) is 0 Å². The molecule has 3 heteroatoms. The van der Waals surface area contributed by atoms with Gasteiger partial charge in [0.15, 0.2) is 0 Å². The predicted molar refractivity (Wildman–Crippen MR) is 108 cm³/mol. The number of carbonyl (C=O) groups is 2. The number of carbonyl (C=O) groups excluding carboxylic acids is 2. The van der Waals surface area contributed by atoms with Crippen molar-refractivity contribution in [2.45, 2.75) is 116 Å². The maximum atomic E-state index is 12.5. The SMILES string of the molecule is CCCCCCC(=O)O[C@@](C=CC1CCC(=O)C1)(CCC)CCCCC. The molecule has 1 aliphatic rings. The van der Waals surface area contributed by atoms with Crippen molar-refractivity contribution < 1.29 is 14.3 Å². The molecule has 26 heavy (non-hydrogen) atoms. The monoisotopic (exact) mass is 364 g/mol. The minimum absolute atomic E-state index is 0.0572. The van der Waals surface area contributed by atoms with Crippen LogP contribution in [-0.4, -0.2) is 17.4 Å². The van der Waals surface area contributed by atoms with Crippen LogP contribution in [0.4, 0.5) is 0 Å². The van der Waals surface area contributed by atoms with Crippen molar-refractivity contribution >= 4 is 11.8 Å². The molecule has 0 N–H and O–H groups in total. The Morgan fingerprint density at radius 3 is 2.38 bits per heavy atom. The average Bonchev–Trinajstić information content (AvgIpc) is 3.03. The van der Waals surface area contributed by atoms with E-state index in [2.05, 4.69) is 32.9 Å². The van der Waals surface area contributed by atoms with E-state index < -0.39 is 5.60 Å². The predicted octanol–water partition coefficient (Wildman–Crippen LogP) is 6.54. The second-order valence-electron chi connectivity index (χ2n) is 7.96. The summed E-state index contributed by atoms with van der Waals surface area (Å²) in [5.41, 5.74) is -0.475. The van der Waals surface area contributed by atoms with E-state index >= 15 is 0 Å². The third-order valence-corrected chi connectivity index (χ3v) is 5.38. The summed E-state index contributed by atoms with van der Waals surface area (Å²) in [4.78, 5) is 24.0. The fourth-order valence-corrected chi connectivity index (χ4v) is 3.82. The van der Waals surface area contributed by atoms with E-state index in [-0.39, 0.29) is 5.97 Å². The number of unbranched alkanes of at least 4 members (excludes halogenated alkanes) is 5. The fourth-order valence-electron chi connectivity index (χ4n) is 3.82. The number of hydrogen-bond acceptors (Lipinski definition) is 3. The molecule has 1 saturated carbocycles. The maximum absolute atomic E-state index is 12.5. The Labute approximate surface area is 161 Å². The number of hydrogen-bond donors (Lipinski definition) is 0. The molecule has 0 amide bonds. The second-order valence-corrected chi connectivity index (χ2v) is 7.96. The maximum Gasteiger partial charge on any atom is 0.306 e. The Balaban J connectivity index is 2.74. The minimum atomic E-state index is -0.475. The molecule has 1 rings (SSSR count). The molecule has 150 valence electrons. The first-order valence-electron chi connectivity index (χ1n) is 11.0. The van der Waals surface area contributed by atoms with Gasteiger partial charge < -0.3 is 4.74 Å². The number of esters is 1. The van der Waals surface area contributed by atoms with Crippen molar-refractivity contribution in [1.29, 1.82) is 0 Å². The summed E-state index contributed by atoms with van der Waals surface area (Å²) in [5, 5.41) is 0. The number of ether oxygens (including phenoxy) is 1. The zero-order valence-electron chi connectivity index (χ0n) is 17.4. The number of allylic oxidation sites excluding steroid dienone is 1. The van der Waals surface area contributed by atoms with Crippen molar-refractivity contribution in [3.63, 3.8) is 0 Å². The Hall–Kier alpha value is -1.12.